The molecule has 1 aliphatic rings. The molecule has 4 aromatic carbocycles. The lowest BCUT2D eigenvalue weighted by Gasteiger charge is -2.39. The molecule has 4 heteroatoms. The summed E-state index contributed by atoms with van der Waals surface area (Å²) < 4.78 is 12.3. The van der Waals surface area contributed by atoms with Crippen LogP contribution in [0.15, 0.2) is 72.8 Å². The molecular weight excluding hydrogens is 556 g/mol. The van der Waals surface area contributed by atoms with Gasteiger partial charge in [-0.3, -0.25) is 4.79 Å². The minimum atomic E-state index is -0.388. The molecule has 0 bridgehead atoms. The quantitative estimate of drug-likeness (QED) is 0.103. The maximum atomic E-state index is 13.3. The van der Waals surface area contributed by atoms with Crippen molar-refractivity contribution in [2.24, 2.45) is 5.92 Å². The zero-order valence-corrected chi connectivity index (χ0v) is 28.1. The minimum Gasteiger partial charge on any atom is -0.488 e. The molecular formula is C41H48O4. The van der Waals surface area contributed by atoms with Gasteiger partial charge < -0.3 is 9.47 Å². The highest BCUT2D eigenvalue weighted by atomic mass is 16.5. The topological polar surface area (TPSA) is 52.6 Å². The summed E-state index contributed by atoms with van der Waals surface area (Å²) in [5.74, 6) is 1.27. The Kier molecular flexibility index (Phi) is 9.53. The standard InChI is InChI=1S/C41H48O4/c1-8-27(3)38(42)32-15-13-31-26-33(16-14-30(31)25-32)39(43)44-36-19-17-34(23-28(36)4)41(21-11-10-12-22-41)35-18-20-37(29(5)24-35)45-40(6,7)9-2/h13-20,23-27H,8-12,21-22H2,1-7H3. The molecule has 1 atom stereocenters. The molecule has 0 heterocycles. The molecule has 0 spiro atoms. The summed E-state index contributed by atoms with van der Waals surface area (Å²) >= 11 is 0. The fraction of sp³-hybridized carbons (Fsp3) is 0.415. The van der Waals surface area contributed by atoms with E-state index in [2.05, 4.69) is 58.0 Å². The summed E-state index contributed by atoms with van der Waals surface area (Å²) in [6.45, 7) is 14.6. The van der Waals surface area contributed by atoms with E-state index >= 15 is 0 Å². The molecule has 45 heavy (non-hydrogen) atoms. The number of Topliss-reactive ketones (excluding diaryl/α,β-unsaturated/α-hetero) is 1. The lowest BCUT2D eigenvalue weighted by molar-refractivity contribution is 0.0733. The zero-order valence-electron chi connectivity index (χ0n) is 28.1. The van der Waals surface area contributed by atoms with Gasteiger partial charge >= 0.3 is 5.97 Å². The molecule has 236 valence electrons. The SMILES string of the molecule is CCC(C)C(=O)c1ccc2cc(C(=O)Oc3ccc(C4(c5ccc(OC(C)(C)CC)c(C)c5)CCCCC4)cc3C)ccc2c1. The predicted molar refractivity (Wildman–Crippen MR) is 184 cm³/mol. The molecule has 1 saturated carbocycles. The number of fused-ring (bicyclic) bond motifs is 1. The molecule has 4 nitrogen and oxygen atoms in total. The number of ether oxygens (including phenoxy) is 2. The van der Waals surface area contributed by atoms with E-state index in [9.17, 15) is 9.59 Å². The van der Waals surface area contributed by atoms with Crippen LogP contribution in [0, 0.1) is 19.8 Å². The van der Waals surface area contributed by atoms with Crippen LogP contribution in [-0.2, 0) is 5.41 Å². The first-order valence-electron chi connectivity index (χ1n) is 16.7. The lowest BCUT2D eigenvalue weighted by atomic mass is 9.65. The van der Waals surface area contributed by atoms with Gasteiger partial charge in [0.2, 0.25) is 0 Å². The Morgan fingerprint density at radius 1 is 0.756 bits per heavy atom. The van der Waals surface area contributed by atoms with Crippen LogP contribution in [0.3, 0.4) is 0 Å². The molecule has 0 amide bonds. The van der Waals surface area contributed by atoms with Gasteiger partial charge in [-0.05, 0) is 117 Å². The molecule has 1 unspecified atom stereocenters. The Morgan fingerprint density at radius 3 is 1.87 bits per heavy atom. The normalized spacial score (nSPS) is 15.4. The van der Waals surface area contributed by atoms with Crippen molar-refractivity contribution in [2.45, 2.75) is 104 Å². The van der Waals surface area contributed by atoms with Crippen molar-refractivity contribution >= 4 is 22.5 Å². The molecule has 0 saturated heterocycles. The molecule has 1 fully saturated rings. The van der Waals surface area contributed by atoms with E-state index in [1.807, 2.05) is 57.2 Å². The average molecular weight is 605 g/mol. The van der Waals surface area contributed by atoms with Crippen LogP contribution in [0.25, 0.3) is 10.8 Å². The van der Waals surface area contributed by atoms with Crippen LogP contribution in [0.1, 0.15) is 123 Å². The van der Waals surface area contributed by atoms with Gasteiger partial charge in [0.25, 0.3) is 0 Å². The summed E-state index contributed by atoms with van der Waals surface area (Å²) in [4.78, 5) is 25.9. The van der Waals surface area contributed by atoms with Crippen LogP contribution in [0.4, 0.5) is 0 Å². The predicted octanol–water partition coefficient (Wildman–Crippen LogP) is 10.7. The molecule has 0 radical (unpaired) electrons. The van der Waals surface area contributed by atoms with Crippen LogP contribution in [0.5, 0.6) is 11.5 Å². The van der Waals surface area contributed by atoms with Gasteiger partial charge in [-0.15, -0.1) is 0 Å². The summed E-state index contributed by atoms with van der Waals surface area (Å²) in [6.07, 6.45) is 7.56. The first-order chi connectivity index (χ1) is 21.5. The monoisotopic (exact) mass is 604 g/mol. The molecule has 4 aromatic rings. The third kappa shape index (κ3) is 6.85. The number of benzene rings is 4. The van der Waals surface area contributed by atoms with Gasteiger partial charge in [-0.1, -0.05) is 82.5 Å². The number of hydrogen-bond acceptors (Lipinski definition) is 4. The Labute approximate surface area is 269 Å². The van der Waals surface area contributed by atoms with Crippen molar-refractivity contribution < 1.29 is 19.1 Å². The smallest absolute Gasteiger partial charge is 0.343 e. The largest absolute Gasteiger partial charge is 0.488 e. The number of carbonyl (C=O) groups is 2. The highest BCUT2D eigenvalue weighted by Crippen LogP contribution is 2.47. The van der Waals surface area contributed by atoms with Gasteiger partial charge in [0.1, 0.15) is 17.1 Å². The second-order valence-corrected chi connectivity index (χ2v) is 13.7. The van der Waals surface area contributed by atoms with Gasteiger partial charge in [0.05, 0.1) is 5.56 Å². The Hall–Kier alpha value is -3.92. The number of esters is 1. The summed E-state index contributed by atoms with van der Waals surface area (Å²) in [6, 6.07) is 24.2. The number of aryl methyl sites for hydroxylation is 2. The minimum absolute atomic E-state index is 0.0122. The number of carbonyl (C=O) groups excluding carboxylic acids is 2. The summed E-state index contributed by atoms with van der Waals surface area (Å²) in [7, 11) is 0. The van der Waals surface area contributed by atoms with Gasteiger partial charge in [0, 0.05) is 16.9 Å². The molecule has 0 aromatic heterocycles. The van der Waals surface area contributed by atoms with Crippen molar-refractivity contribution in [3.8, 4) is 11.5 Å². The highest BCUT2D eigenvalue weighted by Gasteiger charge is 2.36. The van der Waals surface area contributed by atoms with Crippen molar-refractivity contribution in [3.63, 3.8) is 0 Å². The first-order valence-corrected chi connectivity index (χ1v) is 16.7. The van der Waals surface area contributed by atoms with E-state index in [0.29, 0.717) is 16.9 Å². The van der Waals surface area contributed by atoms with E-state index in [1.165, 1.54) is 30.4 Å². The van der Waals surface area contributed by atoms with Crippen LogP contribution < -0.4 is 9.47 Å². The second-order valence-electron chi connectivity index (χ2n) is 13.7. The lowest BCUT2D eigenvalue weighted by Crippen LogP contribution is -2.31. The van der Waals surface area contributed by atoms with Gasteiger partial charge in [-0.2, -0.15) is 0 Å². The van der Waals surface area contributed by atoms with Crippen molar-refractivity contribution in [1.29, 1.82) is 0 Å². The van der Waals surface area contributed by atoms with E-state index in [1.54, 1.807) is 6.07 Å². The summed E-state index contributed by atoms with van der Waals surface area (Å²) in [5.41, 5.74) is 5.62. The third-order valence-corrected chi connectivity index (χ3v) is 10.0. The maximum absolute atomic E-state index is 13.3. The van der Waals surface area contributed by atoms with Crippen LogP contribution in [-0.4, -0.2) is 17.4 Å². The van der Waals surface area contributed by atoms with Crippen molar-refractivity contribution in [1.82, 2.24) is 0 Å². The van der Waals surface area contributed by atoms with Crippen molar-refractivity contribution in [3.05, 3.63) is 106 Å². The van der Waals surface area contributed by atoms with E-state index in [0.717, 1.165) is 53.3 Å². The average Bonchev–Trinajstić information content (AvgIpc) is 3.05. The van der Waals surface area contributed by atoms with Crippen LogP contribution >= 0.6 is 0 Å². The third-order valence-electron chi connectivity index (χ3n) is 10.0. The summed E-state index contributed by atoms with van der Waals surface area (Å²) in [5, 5.41) is 1.84. The highest BCUT2D eigenvalue weighted by molar-refractivity contribution is 6.02. The number of rotatable bonds is 10. The van der Waals surface area contributed by atoms with E-state index in [-0.39, 0.29) is 28.7 Å². The van der Waals surface area contributed by atoms with Gasteiger partial charge in [-0.25, -0.2) is 4.79 Å². The Balaban J connectivity index is 1.38. The molecule has 0 aliphatic heterocycles. The van der Waals surface area contributed by atoms with E-state index < -0.39 is 0 Å². The van der Waals surface area contributed by atoms with Crippen LogP contribution in [0.2, 0.25) is 0 Å². The maximum Gasteiger partial charge on any atom is 0.343 e. The molecule has 0 N–H and O–H groups in total. The fourth-order valence-electron chi connectivity index (χ4n) is 6.55. The molecule has 1 aliphatic carbocycles. The Bertz CT molecular complexity index is 1710. The molecule has 5 rings (SSSR count). The second kappa shape index (κ2) is 13.2. The Morgan fingerprint density at radius 2 is 1.31 bits per heavy atom. The number of hydrogen-bond donors (Lipinski definition) is 0. The zero-order chi connectivity index (χ0) is 32.4. The fourth-order valence-corrected chi connectivity index (χ4v) is 6.55. The van der Waals surface area contributed by atoms with E-state index in [4.69, 9.17) is 9.47 Å². The number of ketones is 1. The van der Waals surface area contributed by atoms with Gasteiger partial charge in [0.15, 0.2) is 5.78 Å². The first kappa shape index (κ1) is 32.5. The van der Waals surface area contributed by atoms with Crippen molar-refractivity contribution in [2.75, 3.05) is 0 Å².